The Morgan fingerprint density at radius 3 is 2.80 bits per heavy atom. The summed E-state index contributed by atoms with van der Waals surface area (Å²) < 4.78 is 18.2. The van der Waals surface area contributed by atoms with Crippen LogP contribution in [0.2, 0.25) is 0 Å². The molecule has 4 aromatic rings. The number of ether oxygens (including phenoxy) is 2. The van der Waals surface area contributed by atoms with Crippen LogP contribution >= 0.6 is 0 Å². The number of pyridine rings is 1. The van der Waals surface area contributed by atoms with Crippen molar-refractivity contribution in [3.8, 4) is 23.1 Å². The Labute approximate surface area is 172 Å². The van der Waals surface area contributed by atoms with E-state index < -0.39 is 0 Å². The molecular formula is C20H21N7O3. The average molecular weight is 407 g/mol. The van der Waals surface area contributed by atoms with Crippen LogP contribution in [0.4, 0.5) is 11.5 Å². The normalized spacial score (nSPS) is 14.4. The summed E-state index contributed by atoms with van der Waals surface area (Å²) in [4.78, 5) is 11.3. The van der Waals surface area contributed by atoms with Crippen LogP contribution in [0.5, 0.6) is 11.6 Å². The van der Waals surface area contributed by atoms with Gasteiger partial charge >= 0.3 is 0 Å². The van der Waals surface area contributed by atoms with E-state index in [1.165, 1.54) is 0 Å². The second-order valence-electron chi connectivity index (χ2n) is 6.89. The van der Waals surface area contributed by atoms with Crippen molar-refractivity contribution < 1.29 is 14.1 Å². The minimum absolute atomic E-state index is 0.198. The van der Waals surface area contributed by atoms with Crippen molar-refractivity contribution in [2.24, 2.45) is 0 Å². The fraction of sp³-hybridized carbons (Fsp3) is 0.300. The lowest BCUT2D eigenvalue weighted by Gasteiger charge is -2.29. The summed E-state index contributed by atoms with van der Waals surface area (Å²) in [7, 11) is 0. The van der Waals surface area contributed by atoms with Gasteiger partial charge in [0.25, 0.3) is 0 Å². The lowest BCUT2D eigenvalue weighted by molar-refractivity contribution is 0.122. The predicted molar refractivity (Wildman–Crippen MR) is 110 cm³/mol. The molecule has 0 saturated carbocycles. The van der Waals surface area contributed by atoms with Gasteiger partial charge in [-0.15, -0.1) is 0 Å². The maximum atomic E-state index is 6.06. The first-order valence-electron chi connectivity index (χ1n) is 9.78. The second-order valence-corrected chi connectivity index (χ2v) is 6.89. The summed E-state index contributed by atoms with van der Waals surface area (Å²) in [5.74, 6) is 1.98. The highest BCUT2D eigenvalue weighted by atomic mass is 16.6. The molecule has 10 nitrogen and oxygen atoms in total. The maximum absolute atomic E-state index is 6.06. The Kier molecular flexibility index (Phi) is 4.68. The molecule has 0 aliphatic carbocycles. The quantitative estimate of drug-likeness (QED) is 0.533. The van der Waals surface area contributed by atoms with Gasteiger partial charge < -0.3 is 24.7 Å². The zero-order chi connectivity index (χ0) is 20.5. The van der Waals surface area contributed by atoms with Crippen LogP contribution in [0.3, 0.4) is 0 Å². The third kappa shape index (κ3) is 3.30. The van der Waals surface area contributed by atoms with Crippen LogP contribution < -0.4 is 15.4 Å². The van der Waals surface area contributed by atoms with E-state index in [-0.39, 0.29) is 5.82 Å². The van der Waals surface area contributed by atoms with Gasteiger partial charge in [-0.25, -0.2) is 14.6 Å². The first kappa shape index (κ1) is 18.4. The summed E-state index contributed by atoms with van der Waals surface area (Å²) in [6.07, 6.45) is 1.68. The van der Waals surface area contributed by atoms with Gasteiger partial charge in [0.2, 0.25) is 5.88 Å². The molecule has 154 valence electrons. The number of imidazole rings is 1. The molecule has 3 aromatic heterocycles. The molecule has 10 heteroatoms. The highest BCUT2D eigenvalue weighted by Gasteiger charge is 2.19. The summed E-state index contributed by atoms with van der Waals surface area (Å²) in [6.45, 7) is 5.88. The molecule has 1 fully saturated rings. The van der Waals surface area contributed by atoms with Crippen LogP contribution in [-0.2, 0) is 11.3 Å². The minimum atomic E-state index is 0.198. The molecule has 1 saturated heterocycles. The molecule has 4 heterocycles. The Bertz CT molecular complexity index is 1180. The van der Waals surface area contributed by atoms with Crippen molar-refractivity contribution in [1.82, 2.24) is 24.8 Å². The number of nitrogens with zero attached hydrogens (tertiary/aromatic N) is 6. The highest BCUT2D eigenvalue weighted by molar-refractivity contribution is 5.81. The third-order valence-electron chi connectivity index (χ3n) is 5.07. The largest absolute Gasteiger partial charge is 0.439 e. The molecule has 5 rings (SSSR count). The molecule has 0 bridgehead atoms. The number of nitrogen functional groups attached to an aromatic ring is 1. The average Bonchev–Trinajstić information content (AvgIpc) is 3.37. The number of aromatic nitrogens is 5. The van der Waals surface area contributed by atoms with E-state index in [9.17, 15) is 0 Å². The molecule has 0 amide bonds. The molecule has 1 aromatic carbocycles. The van der Waals surface area contributed by atoms with Crippen molar-refractivity contribution >= 4 is 22.5 Å². The van der Waals surface area contributed by atoms with Gasteiger partial charge in [-0.3, -0.25) is 0 Å². The van der Waals surface area contributed by atoms with Crippen LogP contribution in [-0.4, -0.2) is 51.2 Å². The Hall–Kier alpha value is -3.66. The molecule has 0 spiro atoms. The Morgan fingerprint density at radius 1 is 1.17 bits per heavy atom. The van der Waals surface area contributed by atoms with Gasteiger partial charge in [0.05, 0.1) is 24.9 Å². The van der Waals surface area contributed by atoms with Crippen molar-refractivity contribution in [2.45, 2.75) is 13.5 Å². The van der Waals surface area contributed by atoms with E-state index in [1.54, 1.807) is 6.20 Å². The monoisotopic (exact) mass is 407 g/mol. The molecular weight excluding hydrogens is 386 g/mol. The van der Waals surface area contributed by atoms with Crippen molar-refractivity contribution in [1.29, 1.82) is 0 Å². The number of anilines is 2. The number of morpholine rings is 1. The number of hydrogen-bond acceptors (Lipinski definition) is 9. The van der Waals surface area contributed by atoms with Gasteiger partial charge in [0.1, 0.15) is 11.3 Å². The molecule has 1 aliphatic heterocycles. The van der Waals surface area contributed by atoms with E-state index in [4.69, 9.17) is 19.8 Å². The Morgan fingerprint density at radius 2 is 2.03 bits per heavy atom. The van der Waals surface area contributed by atoms with Crippen molar-refractivity contribution in [3.63, 3.8) is 0 Å². The first-order chi connectivity index (χ1) is 14.7. The number of rotatable bonds is 5. The van der Waals surface area contributed by atoms with Crippen LogP contribution in [0.15, 0.2) is 41.2 Å². The van der Waals surface area contributed by atoms with Gasteiger partial charge in [-0.2, -0.15) is 0 Å². The predicted octanol–water partition coefficient (Wildman–Crippen LogP) is 2.71. The molecule has 0 unspecified atom stereocenters. The van der Waals surface area contributed by atoms with E-state index in [2.05, 4.69) is 31.2 Å². The zero-order valence-electron chi connectivity index (χ0n) is 16.5. The van der Waals surface area contributed by atoms with Gasteiger partial charge in [0, 0.05) is 37.5 Å². The van der Waals surface area contributed by atoms with Crippen molar-refractivity contribution in [2.75, 3.05) is 36.9 Å². The summed E-state index contributed by atoms with van der Waals surface area (Å²) >= 11 is 0. The van der Waals surface area contributed by atoms with Gasteiger partial charge in [-0.1, -0.05) is 6.07 Å². The summed E-state index contributed by atoms with van der Waals surface area (Å²) in [6, 6.07) is 9.85. The Balaban J connectivity index is 1.46. The molecule has 1 aliphatic rings. The third-order valence-corrected chi connectivity index (χ3v) is 5.07. The zero-order valence-corrected chi connectivity index (χ0v) is 16.5. The molecule has 0 radical (unpaired) electrons. The maximum Gasteiger partial charge on any atom is 0.221 e. The second kappa shape index (κ2) is 7.64. The van der Waals surface area contributed by atoms with E-state index in [0.29, 0.717) is 29.5 Å². The fourth-order valence-corrected chi connectivity index (χ4v) is 3.60. The van der Waals surface area contributed by atoms with Gasteiger partial charge in [0.15, 0.2) is 17.3 Å². The van der Waals surface area contributed by atoms with E-state index >= 15 is 0 Å². The van der Waals surface area contributed by atoms with E-state index in [0.717, 1.165) is 43.3 Å². The van der Waals surface area contributed by atoms with Crippen LogP contribution in [0.25, 0.3) is 22.6 Å². The fourth-order valence-electron chi connectivity index (χ4n) is 3.60. The number of nitrogens with two attached hydrogens (primary N) is 1. The molecule has 0 atom stereocenters. The minimum Gasteiger partial charge on any atom is -0.439 e. The standard InChI is InChI=1S/C20H21N7O3/c1-2-27-16-11-17(22-12-15(16)23-20(27)18-19(21)25-30-24-18)29-14-5-3-4-13(10-14)26-6-8-28-9-7-26/h3-5,10-12H,2,6-9H2,1H3,(H2,21,25). The van der Waals surface area contributed by atoms with Crippen molar-refractivity contribution in [3.05, 3.63) is 36.5 Å². The smallest absolute Gasteiger partial charge is 0.221 e. The SMILES string of the molecule is CCn1c(-c2nonc2N)nc2cnc(Oc3cccc(N4CCOCC4)c3)cc21. The molecule has 30 heavy (non-hydrogen) atoms. The van der Waals surface area contributed by atoms with Crippen LogP contribution in [0.1, 0.15) is 6.92 Å². The van der Waals surface area contributed by atoms with Crippen LogP contribution in [0, 0.1) is 0 Å². The summed E-state index contributed by atoms with van der Waals surface area (Å²) in [5, 5.41) is 7.52. The lowest BCUT2D eigenvalue weighted by Crippen LogP contribution is -2.36. The first-order valence-corrected chi connectivity index (χ1v) is 9.78. The van der Waals surface area contributed by atoms with Gasteiger partial charge in [-0.05, 0) is 29.4 Å². The summed E-state index contributed by atoms with van der Waals surface area (Å²) in [5.41, 5.74) is 8.94. The number of fused-ring (bicyclic) bond motifs is 1. The number of aryl methyl sites for hydroxylation is 1. The highest BCUT2D eigenvalue weighted by Crippen LogP contribution is 2.30. The van der Waals surface area contributed by atoms with E-state index in [1.807, 2.05) is 35.8 Å². The topological polar surface area (TPSA) is 117 Å². The number of hydrogen-bond donors (Lipinski definition) is 1. The number of benzene rings is 1. The lowest BCUT2D eigenvalue weighted by atomic mass is 10.2. The molecule has 2 N–H and O–H groups in total.